The minimum absolute atomic E-state index is 0.551. The van der Waals surface area contributed by atoms with Crippen LogP contribution in [0.3, 0.4) is 0 Å². The molecule has 0 aromatic rings. The summed E-state index contributed by atoms with van der Waals surface area (Å²) >= 11 is 0. The van der Waals surface area contributed by atoms with Crippen molar-refractivity contribution in [2.75, 3.05) is 0 Å². The van der Waals surface area contributed by atoms with Crippen LogP contribution in [0.2, 0.25) is 0 Å². The second kappa shape index (κ2) is 3.21. The minimum Gasteiger partial charge on any atom is -0.309 e. The standard InChI is InChI=1S/C4H7N3/c1-4(7-6)2-3-5/h2-3,5-6H,1H3/b4-2-,5-3?,7-6?. The molecule has 0 spiro atoms. The number of nitrogens with zero attached hydrogens (tertiary/aromatic N) is 1. The van der Waals surface area contributed by atoms with E-state index in [1.165, 1.54) is 6.08 Å². The molecular formula is C4H7N3. The molecule has 0 aliphatic carbocycles. The van der Waals surface area contributed by atoms with E-state index in [1.54, 1.807) is 6.92 Å². The Morgan fingerprint density at radius 3 is 2.43 bits per heavy atom. The number of hydrogen-bond donors (Lipinski definition) is 2. The van der Waals surface area contributed by atoms with Crippen molar-refractivity contribution >= 4 is 6.21 Å². The van der Waals surface area contributed by atoms with Crippen LogP contribution in [-0.4, -0.2) is 6.21 Å². The van der Waals surface area contributed by atoms with Crippen LogP contribution in [0.25, 0.3) is 0 Å². The van der Waals surface area contributed by atoms with Gasteiger partial charge >= 0.3 is 0 Å². The van der Waals surface area contributed by atoms with Crippen molar-refractivity contribution in [2.45, 2.75) is 6.92 Å². The lowest BCUT2D eigenvalue weighted by atomic mass is 10.5. The third-order valence-electron chi connectivity index (χ3n) is 0.501. The molecule has 0 heterocycles. The molecule has 0 aliphatic heterocycles. The van der Waals surface area contributed by atoms with Gasteiger partial charge in [0.1, 0.15) is 0 Å². The molecule has 0 rings (SSSR count). The van der Waals surface area contributed by atoms with E-state index in [0.29, 0.717) is 5.70 Å². The van der Waals surface area contributed by atoms with Gasteiger partial charge in [-0.3, -0.25) is 0 Å². The highest BCUT2D eigenvalue weighted by Gasteiger charge is 1.72. The van der Waals surface area contributed by atoms with Gasteiger partial charge in [-0.25, -0.2) is 5.53 Å². The van der Waals surface area contributed by atoms with Crippen molar-refractivity contribution in [3.8, 4) is 0 Å². The van der Waals surface area contributed by atoms with Crippen molar-refractivity contribution in [1.82, 2.24) is 0 Å². The first kappa shape index (κ1) is 6.01. The number of hydrogen-bond acceptors (Lipinski definition) is 3. The van der Waals surface area contributed by atoms with Crippen molar-refractivity contribution in [3.05, 3.63) is 11.8 Å². The first-order chi connectivity index (χ1) is 3.31. The summed E-state index contributed by atoms with van der Waals surface area (Å²) in [7, 11) is 0. The predicted octanol–water partition coefficient (Wildman–Crippen LogP) is 1.57. The van der Waals surface area contributed by atoms with E-state index in [4.69, 9.17) is 10.9 Å². The zero-order valence-corrected chi connectivity index (χ0v) is 4.10. The molecule has 0 aromatic carbocycles. The van der Waals surface area contributed by atoms with Crippen LogP contribution in [0, 0.1) is 10.9 Å². The summed E-state index contributed by atoms with van der Waals surface area (Å²) < 4.78 is 0. The molecule has 0 radical (unpaired) electrons. The van der Waals surface area contributed by atoms with Crippen molar-refractivity contribution in [1.29, 1.82) is 10.9 Å². The molecule has 0 unspecified atom stereocenters. The van der Waals surface area contributed by atoms with E-state index in [9.17, 15) is 0 Å². The molecule has 0 amide bonds. The smallest absolute Gasteiger partial charge is 0.0607 e. The summed E-state index contributed by atoms with van der Waals surface area (Å²) in [6, 6.07) is 0. The average molecular weight is 97.1 g/mol. The summed E-state index contributed by atoms with van der Waals surface area (Å²) in [5, 5.41) is 9.53. The van der Waals surface area contributed by atoms with E-state index in [1.807, 2.05) is 0 Å². The Labute approximate surface area is 42.1 Å². The van der Waals surface area contributed by atoms with Gasteiger partial charge in [0.25, 0.3) is 0 Å². The molecule has 3 nitrogen and oxygen atoms in total. The Morgan fingerprint density at radius 2 is 2.29 bits per heavy atom. The van der Waals surface area contributed by atoms with Crippen molar-refractivity contribution in [3.63, 3.8) is 0 Å². The lowest BCUT2D eigenvalue weighted by Gasteiger charge is -1.77. The summed E-state index contributed by atoms with van der Waals surface area (Å²) in [6.07, 6.45) is 2.56. The topological polar surface area (TPSA) is 60.1 Å². The lowest BCUT2D eigenvalue weighted by Crippen LogP contribution is -1.64. The van der Waals surface area contributed by atoms with Crippen molar-refractivity contribution < 1.29 is 0 Å². The zero-order valence-electron chi connectivity index (χ0n) is 4.10. The van der Waals surface area contributed by atoms with Crippen LogP contribution >= 0.6 is 0 Å². The van der Waals surface area contributed by atoms with Crippen LogP contribution < -0.4 is 0 Å². The molecule has 0 saturated heterocycles. The highest BCUT2D eigenvalue weighted by molar-refractivity contribution is 5.68. The van der Waals surface area contributed by atoms with Crippen LogP contribution in [-0.2, 0) is 0 Å². The summed E-state index contributed by atoms with van der Waals surface area (Å²) in [5.74, 6) is 0. The van der Waals surface area contributed by atoms with Crippen LogP contribution in [0.1, 0.15) is 6.92 Å². The van der Waals surface area contributed by atoms with Crippen LogP contribution in [0.4, 0.5) is 0 Å². The highest BCUT2D eigenvalue weighted by atomic mass is 15.0. The predicted molar refractivity (Wildman–Crippen MR) is 27.7 cm³/mol. The summed E-state index contributed by atoms with van der Waals surface area (Å²) in [4.78, 5) is 0. The highest BCUT2D eigenvalue weighted by Crippen LogP contribution is 1.87. The minimum atomic E-state index is 0.551. The fraction of sp³-hybridized carbons (Fsp3) is 0.250. The molecule has 0 atom stereocenters. The molecule has 0 bridgehead atoms. The van der Waals surface area contributed by atoms with E-state index >= 15 is 0 Å². The maximum Gasteiger partial charge on any atom is 0.0607 e. The fourth-order valence-corrected chi connectivity index (χ4v) is 0.158. The first-order valence-corrected chi connectivity index (χ1v) is 1.86. The van der Waals surface area contributed by atoms with Gasteiger partial charge < -0.3 is 5.41 Å². The molecule has 0 fully saturated rings. The van der Waals surface area contributed by atoms with Gasteiger partial charge in [-0.05, 0) is 13.0 Å². The van der Waals surface area contributed by atoms with Gasteiger partial charge in [0.15, 0.2) is 0 Å². The normalized spacial score (nSPS) is 10.7. The molecule has 0 aromatic heterocycles. The van der Waals surface area contributed by atoms with Crippen molar-refractivity contribution in [2.24, 2.45) is 5.11 Å². The van der Waals surface area contributed by atoms with Gasteiger partial charge in [0.2, 0.25) is 0 Å². The summed E-state index contributed by atoms with van der Waals surface area (Å²) in [6.45, 7) is 1.66. The molecule has 0 saturated carbocycles. The molecule has 0 aliphatic rings. The van der Waals surface area contributed by atoms with Gasteiger partial charge in [-0.15, -0.1) is 0 Å². The third kappa shape index (κ3) is 2.82. The van der Waals surface area contributed by atoms with Crippen LogP contribution in [0.5, 0.6) is 0 Å². The Hall–Kier alpha value is -0.990. The lowest BCUT2D eigenvalue weighted by molar-refractivity contribution is 1.06. The second-order valence-corrected chi connectivity index (χ2v) is 1.09. The van der Waals surface area contributed by atoms with E-state index < -0.39 is 0 Å². The molecule has 3 heteroatoms. The SMILES string of the molecule is C/C(=C/C=N)N=N. The molecule has 2 N–H and O–H groups in total. The fourth-order valence-electron chi connectivity index (χ4n) is 0.158. The van der Waals surface area contributed by atoms with E-state index in [-0.39, 0.29) is 0 Å². The van der Waals surface area contributed by atoms with E-state index in [2.05, 4.69) is 5.11 Å². The maximum absolute atomic E-state index is 6.49. The molecule has 7 heavy (non-hydrogen) atoms. The number of rotatable bonds is 2. The Balaban J connectivity index is 3.72. The molecular weight excluding hydrogens is 90.1 g/mol. The quantitative estimate of drug-likeness (QED) is 0.388. The number of nitrogens with one attached hydrogen (secondary N) is 2. The van der Waals surface area contributed by atoms with Gasteiger partial charge in [0, 0.05) is 6.21 Å². The van der Waals surface area contributed by atoms with Gasteiger partial charge in [0.05, 0.1) is 5.70 Å². The monoisotopic (exact) mass is 97.1 g/mol. The number of allylic oxidation sites excluding steroid dienone is 2. The zero-order chi connectivity index (χ0) is 5.70. The van der Waals surface area contributed by atoms with E-state index in [0.717, 1.165) is 6.21 Å². The Morgan fingerprint density at radius 1 is 1.71 bits per heavy atom. The van der Waals surface area contributed by atoms with Crippen LogP contribution in [0.15, 0.2) is 16.9 Å². The second-order valence-electron chi connectivity index (χ2n) is 1.09. The Bertz CT molecular complexity index is 104. The third-order valence-corrected chi connectivity index (χ3v) is 0.501. The average Bonchev–Trinajstić information content (AvgIpc) is 1.68. The van der Waals surface area contributed by atoms with Gasteiger partial charge in [-0.1, -0.05) is 0 Å². The largest absolute Gasteiger partial charge is 0.309 e. The molecule has 38 valence electrons. The summed E-state index contributed by atoms with van der Waals surface area (Å²) in [5.41, 5.74) is 6.92. The first-order valence-electron chi connectivity index (χ1n) is 1.86. The van der Waals surface area contributed by atoms with Gasteiger partial charge in [-0.2, -0.15) is 5.11 Å². The maximum atomic E-state index is 6.49. The Kier molecular flexibility index (Phi) is 2.76.